The van der Waals surface area contributed by atoms with Crippen molar-refractivity contribution >= 4 is 11.3 Å². The van der Waals surface area contributed by atoms with E-state index in [0.29, 0.717) is 5.92 Å². The Labute approximate surface area is 139 Å². The van der Waals surface area contributed by atoms with Gasteiger partial charge in [0, 0.05) is 11.3 Å². The summed E-state index contributed by atoms with van der Waals surface area (Å²) in [6.45, 7) is 8.47. The molecule has 0 saturated heterocycles. The molecule has 3 rings (SSSR count). The molecule has 3 heteroatoms. The van der Waals surface area contributed by atoms with Crippen LogP contribution in [-0.4, -0.2) is 18.0 Å². The summed E-state index contributed by atoms with van der Waals surface area (Å²) in [5.41, 5.74) is 5.67. The molecule has 1 aromatic carbocycles. The lowest BCUT2D eigenvalue weighted by atomic mass is 9.60. The van der Waals surface area contributed by atoms with Gasteiger partial charge in [-0.3, -0.25) is 0 Å². The van der Waals surface area contributed by atoms with Gasteiger partial charge < -0.3 is 9.94 Å². The van der Waals surface area contributed by atoms with E-state index in [1.54, 1.807) is 7.11 Å². The van der Waals surface area contributed by atoms with Crippen molar-refractivity contribution in [3.05, 3.63) is 35.4 Å². The molecule has 1 saturated carbocycles. The lowest BCUT2D eigenvalue weighted by Crippen LogP contribution is -2.44. The van der Waals surface area contributed by atoms with Crippen molar-refractivity contribution in [1.29, 1.82) is 0 Å². The van der Waals surface area contributed by atoms with Gasteiger partial charge in [0.25, 0.3) is 0 Å². The molecule has 0 amide bonds. The second-order valence-corrected chi connectivity index (χ2v) is 7.30. The molecule has 0 spiro atoms. The van der Waals surface area contributed by atoms with E-state index in [1.807, 2.05) is 0 Å². The molecule has 1 N–H and O–H groups in total. The van der Waals surface area contributed by atoms with Gasteiger partial charge in [-0.2, -0.15) is 0 Å². The Balaban J connectivity index is 2.27. The van der Waals surface area contributed by atoms with Crippen molar-refractivity contribution < 1.29 is 9.94 Å². The van der Waals surface area contributed by atoms with Gasteiger partial charge in [0.1, 0.15) is 5.75 Å². The highest BCUT2D eigenvalue weighted by Crippen LogP contribution is 2.47. The monoisotopic (exact) mass is 313 g/mol. The number of methoxy groups -OCH3 is 1. The first-order chi connectivity index (χ1) is 11.0. The van der Waals surface area contributed by atoms with Crippen LogP contribution in [0.3, 0.4) is 0 Å². The van der Waals surface area contributed by atoms with E-state index in [9.17, 15) is 5.21 Å². The lowest BCUT2D eigenvalue weighted by molar-refractivity contribution is 0.296. The van der Waals surface area contributed by atoms with E-state index in [1.165, 1.54) is 36.0 Å². The predicted molar refractivity (Wildman–Crippen MR) is 94.6 cm³/mol. The third kappa shape index (κ3) is 2.56. The van der Waals surface area contributed by atoms with Gasteiger partial charge >= 0.3 is 0 Å². The van der Waals surface area contributed by atoms with Gasteiger partial charge in [0.15, 0.2) is 0 Å². The standard InChI is InChI=1S/C20H27NO2/c1-13(2)16-11-15(23-4)12-18-17(16)10-14-8-6-5-7-9-20(18,3)19(14)21-22/h11-12,14,22H,1,5-10H2,2-4H3/b21-19+. The number of benzene rings is 1. The molecular formula is C20H27NO2. The number of nitrogens with zero attached hydrogens (tertiary/aromatic N) is 1. The van der Waals surface area contributed by atoms with Crippen LogP contribution in [0, 0.1) is 5.92 Å². The summed E-state index contributed by atoms with van der Waals surface area (Å²) < 4.78 is 5.54. The summed E-state index contributed by atoms with van der Waals surface area (Å²) >= 11 is 0. The van der Waals surface area contributed by atoms with Crippen LogP contribution in [0.5, 0.6) is 5.75 Å². The first-order valence-electron chi connectivity index (χ1n) is 8.61. The van der Waals surface area contributed by atoms with Crippen molar-refractivity contribution in [2.75, 3.05) is 7.11 Å². The maximum Gasteiger partial charge on any atom is 0.119 e. The van der Waals surface area contributed by atoms with Gasteiger partial charge in [-0.1, -0.05) is 43.5 Å². The number of oxime groups is 1. The van der Waals surface area contributed by atoms with Crippen molar-refractivity contribution in [1.82, 2.24) is 0 Å². The molecule has 0 aliphatic heterocycles. The van der Waals surface area contributed by atoms with Crippen LogP contribution in [0.1, 0.15) is 62.6 Å². The van der Waals surface area contributed by atoms with Gasteiger partial charge in [-0.05, 0) is 55.0 Å². The number of fused-ring (bicyclic) bond motifs is 4. The normalized spacial score (nSPS) is 28.7. The van der Waals surface area contributed by atoms with E-state index in [4.69, 9.17) is 4.74 Å². The highest BCUT2D eigenvalue weighted by atomic mass is 16.5. The maximum absolute atomic E-state index is 9.75. The topological polar surface area (TPSA) is 41.8 Å². The average molecular weight is 313 g/mol. The summed E-state index contributed by atoms with van der Waals surface area (Å²) in [6, 6.07) is 4.25. The van der Waals surface area contributed by atoms with E-state index in [-0.39, 0.29) is 5.41 Å². The van der Waals surface area contributed by atoms with Gasteiger partial charge in [-0.15, -0.1) is 0 Å². The quantitative estimate of drug-likeness (QED) is 0.620. The lowest BCUT2D eigenvalue weighted by Gasteiger charge is -2.43. The molecule has 0 radical (unpaired) electrons. The molecule has 2 aliphatic carbocycles. The molecule has 2 unspecified atom stereocenters. The fraction of sp³-hybridized carbons (Fsp3) is 0.550. The molecule has 1 fully saturated rings. The highest BCUT2D eigenvalue weighted by Gasteiger charge is 2.44. The molecule has 124 valence electrons. The van der Waals surface area contributed by atoms with Crippen molar-refractivity contribution in [2.45, 2.75) is 57.8 Å². The van der Waals surface area contributed by atoms with Crippen LogP contribution in [0.2, 0.25) is 0 Å². The minimum absolute atomic E-state index is 0.202. The Hall–Kier alpha value is -1.77. The summed E-state index contributed by atoms with van der Waals surface area (Å²) in [5, 5.41) is 13.5. The third-order valence-corrected chi connectivity index (χ3v) is 5.75. The fourth-order valence-electron chi connectivity index (χ4n) is 4.53. The van der Waals surface area contributed by atoms with Gasteiger partial charge in [0.05, 0.1) is 12.8 Å². The highest BCUT2D eigenvalue weighted by molar-refractivity contribution is 5.99. The Bertz CT molecular complexity index is 662. The van der Waals surface area contributed by atoms with Crippen LogP contribution in [0.15, 0.2) is 23.9 Å². The Morgan fingerprint density at radius 1 is 1.35 bits per heavy atom. The molecular weight excluding hydrogens is 286 g/mol. The molecule has 0 heterocycles. The number of rotatable bonds is 2. The fourth-order valence-corrected chi connectivity index (χ4v) is 4.53. The van der Waals surface area contributed by atoms with Crippen molar-refractivity contribution in [3.8, 4) is 5.75 Å². The van der Waals surface area contributed by atoms with E-state index < -0.39 is 0 Å². The molecule has 0 aromatic heterocycles. The number of hydrogen-bond donors (Lipinski definition) is 1. The van der Waals surface area contributed by atoms with Gasteiger partial charge in [0.2, 0.25) is 0 Å². The van der Waals surface area contributed by atoms with Crippen molar-refractivity contribution in [2.24, 2.45) is 11.1 Å². The Morgan fingerprint density at radius 2 is 2.13 bits per heavy atom. The molecule has 3 nitrogen and oxygen atoms in total. The van der Waals surface area contributed by atoms with Crippen LogP contribution in [0.4, 0.5) is 0 Å². The number of ether oxygens (including phenoxy) is 1. The molecule has 23 heavy (non-hydrogen) atoms. The summed E-state index contributed by atoms with van der Waals surface area (Å²) in [5.74, 6) is 1.20. The minimum atomic E-state index is -0.202. The maximum atomic E-state index is 9.75. The first kappa shape index (κ1) is 16.1. The first-order valence-corrected chi connectivity index (χ1v) is 8.61. The summed E-state index contributed by atoms with van der Waals surface area (Å²) in [6.07, 6.45) is 6.72. The second-order valence-electron chi connectivity index (χ2n) is 7.30. The minimum Gasteiger partial charge on any atom is -0.497 e. The van der Waals surface area contributed by atoms with Crippen LogP contribution >= 0.6 is 0 Å². The number of hydrogen-bond acceptors (Lipinski definition) is 3. The van der Waals surface area contributed by atoms with Crippen LogP contribution in [0.25, 0.3) is 5.57 Å². The average Bonchev–Trinajstić information content (AvgIpc) is 2.52. The predicted octanol–water partition coefficient (Wildman–Crippen LogP) is 4.95. The molecule has 2 atom stereocenters. The Kier molecular flexibility index (Phi) is 4.22. The van der Waals surface area contributed by atoms with E-state index in [2.05, 4.69) is 37.7 Å². The van der Waals surface area contributed by atoms with E-state index in [0.717, 1.165) is 36.3 Å². The third-order valence-electron chi connectivity index (χ3n) is 5.75. The van der Waals surface area contributed by atoms with Gasteiger partial charge in [-0.25, -0.2) is 0 Å². The largest absolute Gasteiger partial charge is 0.497 e. The number of allylic oxidation sites excluding steroid dienone is 1. The zero-order valence-corrected chi connectivity index (χ0v) is 14.5. The van der Waals surface area contributed by atoms with E-state index >= 15 is 0 Å². The van der Waals surface area contributed by atoms with Crippen LogP contribution in [-0.2, 0) is 11.8 Å². The summed E-state index contributed by atoms with van der Waals surface area (Å²) in [4.78, 5) is 0. The second kappa shape index (κ2) is 6.03. The SMILES string of the molecule is C=C(C)c1cc(OC)cc2c1CC1CCCCCC2(C)/C1=N/O. The summed E-state index contributed by atoms with van der Waals surface area (Å²) in [7, 11) is 1.71. The molecule has 1 aromatic rings. The molecule has 2 aliphatic rings. The Morgan fingerprint density at radius 3 is 2.78 bits per heavy atom. The smallest absolute Gasteiger partial charge is 0.119 e. The zero-order valence-electron chi connectivity index (χ0n) is 14.5. The van der Waals surface area contributed by atoms with Crippen molar-refractivity contribution in [3.63, 3.8) is 0 Å². The molecule has 2 bridgehead atoms. The van der Waals surface area contributed by atoms with Crippen LogP contribution < -0.4 is 4.74 Å². The zero-order chi connectivity index (χ0) is 16.6.